The molecule has 2 aliphatic carbocycles. The van der Waals surface area contributed by atoms with Gasteiger partial charge in [0.1, 0.15) is 0 Å². The van der Waals surface area contributed by atoms with E-state index in [2.05, 4.69) is 5.32 Å². The molecule has 5 nitrogen and oxygen atoms in total. The van der Waals surface area contributed by atoms with E-state index in [1.807, 2.05) is 0 Å². The first kappa shape index (κ1) is 11.2. The lowest BCUT2D eigenvalue weighted by Gasteiger charge is -2.20. The number of amides is 2. The van der Waals surface area contributed by atoms with E-state index >= 15 is 0 Å². The van der Waals surface area contributed by atoms with E-state index in [4.69, 9.17) is 5.11 Å². The second kappa shape index (κ2) is 4.31. The second-order valence-corrected chi connectivity index (χ2v) is 4.84. The molecule has 2 amide bonds. The second-order valence-electron chi connectivity index (χ2n) is 4.84. The third-order valence-electron chi connectivity index (χ3n) is 3.52. The summed E-state index contributed by atoms with van der Waals surface area (Å²) in [6.07, 6.45) is 4.20. The van der Waals surface area contributed by atoms with Crippen molar-refractivity contribution in [2.24, 2.45) is 5.92 Å². The molecule has 90 valence electrons. The summed E-state index contributed by atoms with van der Waals surface area (Å²) in [5, 5.41) is 11.8. The first-order chi connectivity index (χ1) is 7.58. The highest BCUT2D eigenvalue weighted by Gasteiger charge is 2.34. The predicted octanol–water partition coefficient (Wildman–Crippen LogP) is 1.04. The van der Waals surface area contributed by atoms with Crippen LogP contribution >= 0.6 is 0 Å². The third kappa shape index (κ3) is 2.46. The number of nitrogens with one attached hydrogen (secondary N) is 1. The minimum atomic E-state index is -0.743. The van der Waals surface area contributed by atoms with Crippen LogP contribution in [0.15, 0.2) is 0 Å². The molecule has 0 heterocycles. The zero-order valence-corrected chi connectivity index (χ0v) is 9.48. The molecule has 2 rings (SSSR count). The van der Waals surface area contributed by atoms with E-state index in [1.54, 1.807) is 11.9 Å². The largest absolute Gasteiger partial charge is 0.481 e. The van der Waals surface area contributed by atoms with E-state index in [9.17, 15) is 9.59 Å². The van der Waals surface area contributed by atoms with Crippen LogP contribution in [0.5, 0.6) is 0 Å². The van der Waals surface area contributed by atoms with Crippen molar-refractivity contribution < 1.29 is 14.7 Å². The van der Waals surface area contributed by atoms with Gasteiger partial charge in [-0.2, -0.15) is 0 Å². The summed E-state index contributed by atoms with van der Waals surface area (Å²) < 4.78 is 0. The summed E-state index contributed by atoms with van der Waals surface area (Å²) >= 11 is 0. The molecule has 2 aliphatic rings. The van der Waals surface area contributed by atoms with Gasteiger partial charge >= 0.3 is 12.0 Å². The third-order valence-corrected chi connectivity index (χ3v) is 3.52. The lowest BCUT2D eigenvalue weighted by atomic mass is 10.1. The minimum absolute atomic E-state index is 0.0369. The number of hydrogen-bond donors (Lipinski definition) is 2. The average Bonchev–Trinajstić information content (AvgIpc) is 2.97. The number of carbonyl (C=O) groups excluding carboxylic acids is 1. The van der Waals surface area contributed by atoms with E-state index in [0.29, 0.717) is 18.9 Å². The molecule has 0 aromatic heterocycles. The van der Waals surface area contributed by atoms with Crippen molar-refractivity contribution >= 4 is 12.0 Å². The normalized spacial score (nSPS) is 28.8. The molecule has 0 spiro atoms. The van der Waals surface area contributed by atoms with Crippen LogP contribution in [0.1, 0.15) is 32.1 Å². The van der Waals surface area contributed by atoms with Crippen LogP contribution in [0.2, 0.25) is 0 Å². The Morgan fingerprint density at radius 3 is 2.44 bits per heavy atom. The summed E-state index contributed by atoms with van der Waals surface area (Å²) in [6, 6.07) is 0.380. The van der Waals surface area contributed by atoms with Gasteiger partial charge in [-0.05, 0) is 32.1 Å². The fourth-order valence-electron chi connectivity index (χ4n) is 2.24. The van der Waals surface area contributed by atoms with E-state index < -0.39 is 5.97 Å². The number of urea groups is 1. The molecule has 2 fully saturated rings. The van der Waals surface area contributed by atoms with Crippen LogP contribution in [0, 0.1) is 5.92 Å². The van der Waals surface area contributed by atoms with Crippen molar-refractivity contribution in [3.05, 3.63) is 0 Å². The van der Waals surface area contributed by atoms with Crippen molar-refractivity contribution in [2.75, 3.05) is 7.05 Å². The highest BCUT2D eigenvalue weighted by atomic mass is 16.4. The fraction of sp³-hybridized carbons (Fsp3) is 0.818. The van der Waals surface area contributed by atoms with Crippen molar-refractivity contribution in [2.45, 2.75) is 44.2 Å². The maximum absolute atomic E-state index is 11.7. The van der Waals surface area contributed by atoms with Gasteiger partial charge in [0, 0.05) is 19.1 Å². The van der Waals surface area contributed by atoms with Gasteiger partial charge in [-0.1, -0.05) is 0 Å². The molecule has 16 heavy (non-hydrogen) atoms. The molecule has 0 aromatic rings. The molecule has 0 saturated heterocycles. The number of carboxylic acids is 1. The molecule has 2 atom stereocenters. The predicted molar refractivity (Wildman–Crippen MR) is 58.1 cm³/mol. The Labute approximate surface area is 94.8 Å². The molecule has 2 N–H and O–H groups in total. The van der Waals surface area contributed by atoms with Crippen molar-refractivity contribution in [1.29, 1.82) is 0 Å². The molecular weight excluding hydrogens is 208 g/mol. The quantitative estimate of drug-likeness (QED) is 0.755. The molecule has 0 aliphatic heterocycles. The van der Waals surface area contributed by atoms with Crippen LogP contribution in [0.4, 0.5) is 4.79 Å². The number of carbonyl (C=O) groups is 2. The van der Waals surface area contributed by atoms with Crippen LogP contribution in [-0.4, -0.2) is 41.1 Å². The van der Waals surface area contributed by atoms with Crippen LogP contribution in [-0.2, 0) is 4.79 Å². The van der Waals surface area contributed by atoms with E-state index in [0.717, 1.165) is 19.3 Å². The zero-order valence-electron chi connectivity index (χ0n) is 9.48. The summed E-state index contributed by atoms with van der Waals surface area (Å²) in [7, 11) is 1.80. The fourth-order valence-corrected chi connectivity index (χ4v) is 2.24. The topological polar surface area (TPSA) is 69.6 Å². The monoisotopic (exact) mass is 226 g/mol. The highest BCUT2D eigenvalue weighted by Crippen LogP contribution is 2.28. The Bertz CT molecular complexity index is 302. The van der Waals surface area contributed by atoms with E-state index in [-0.39, 0.29) is 18.0 Å². The lowest BCUT2D eigenvalue weighted by Crippen LogP contribution is -2.43. The molecular formula is C11H18N2O3. The number of nitrogens with zero attached hydrogens (tertiary/aromatic N) is 1. The van der Waals surface area contributed by atoms with Gasteiger partial charge in [0.05, 0.1) is 5.92 Å². The SMILES string of the molecule is CN(C(=O)N[C@H]1CC[C@@H](C(=O)O)C1)C1CC1. The first-order valence-electron chi connectivity index (χ1n) is 5.84. The Morgan fingerprint density at radius 2 is 1.94 bits per heavy atom. The maximum atomic E-state index is 11.7. The molecule has 2 saturated carbocycles. The van der Waals surface area contributed by atoms with Gasteiger partial charge in [-0.3, -0.25) is 4.79 Å². The van der Waals surface area contributed by atoms with Crippen LogP contribution < -0.4 is 5.32 Å². The van der Waals surface area contributed by atoms with Gasteiger partial charge < -0.3 is 15.3 Å². The molecule has 5 heteroatoms. The summed E-state index contributed by atoms with van der Waals surface area (Å²) in [4.78, 5) is 24.2. The molecule has 0 radical (unpaired) electrons. The number of aliphatic carboxylic acids is 1. The molecule has 0 aromatic carbocycles. The summed E-state index contributed by atoms with van der Waals surface area (Å²) in [6.45, 7) is 0. The number of carboxylic acid groups (broad SMARTS) is 1. The summed E-state index contributed by atoms with van der Waals surface area (Å²) in [5.74, 6) is -1.02. The Kier molecular flexibility index (Phi) is 3.03. The van der Waals surface area contributed by atoms with Gasteiger partial charge in [-0.25, -0.2) is 4.79 Å². The van der Waals surface area contributed by atoms with Crippen LogP contribution in [0.3, 0.4) is 0 Å². The Morgan fingerprint density at radius 1 is 1.25 bits per heavy atom. The van der Waals surface area contributed by atoms with E-state index in [1.165, 1.54) is 0 Å². The Hall–Kier alpha value is -1.26. The molecule has 0 bridgehead atoms. The lowest BCUT2D eigenvalue weighted by molar-refractivity contribution is -0.141. The van der Waals surface area contributed by atoms with Crippen molar-refractivity contribution in [1.82, 2.24) is 10.2 Å². The zero-order chi connectivity index (χ0) is 11.7. The first-order valence-corrected chi connectivity index (χ1v) is 5.84. The minimum Gasteiger partial charge on any atom is -0.481 e. The van der Waals surface area contributed by atoms with Gasteiger partial charge in [-0.15, -0.1) is 0 Å². The number of hydrogen-bond acceptors (Lipinski definition) is 2. The standard InChI is InChI=1S/C11H18N2O3/c1-13(9-4-5-9)11(16)12-8-3-2-7(6-8)10(14)15/h7-9H,2-6H2,1H3,(H,12,16)(H,14,15)/t7-,8+/m1/s1. The van der Waals surface area contributed by atoms with Gasteiger partial charge in [0.25, 0.3) is 0 Å². The smallest absolute Gasteiger partial charge is 0.317 e. The van der Waals surface area contributed by atoms with Gasteiger partial charge in [0.15, 0.2) is 0 Å². The maximum Gasteiger partial charge on any atom is 0.317 e. The highest BCUT2D eigenvalue weighted by molar-refractivity contribution is 5.75. The summed E-state index contributed by atoms with van der Waals surface area (Å²) in [5.41, 5.74) is 0. The van der Waals surface area contributed by atoms with Crippen LogP contribution in [0.25, 0.3) is 0 Å². The van der Waals surface area contributed by atoms with Crippen molar-refractivity contribution in [3.8, 4) is 0 Å². The van der Waals surface area contributed by atoms with Gasteiger partial charge in [0.2, 0.25) is 0 Å². The van der Waals surface area contributed by atoms with Crippen molar-refractivity contribution in [3.63, 3.8) is 0 Å². The molecule has 0 unspecified atom stereocenters. The average molecular weight is 226 g/mol. The Balaban J connectivity index is 1.77. The number of rotatable bonds is 3.